The lowest BCUT2D eigenvalue weighted by molar-refractivity contribution is -0.161. The lowest BCUT2D eigenvalue weighted by atomic mass is 9.95. The number of carbonyl (C=O) groups excluding carboxylic acids is 5. The predicted octanol–water partition coefficient (Wildman–Crippen LogP) is 0.0126. The highest BCUT2D eigenvalue weighted by Gasteiger charge is 2.64. The van der Waals surface area contributed by atoms with Gasteiger partial charge in [-0.1, -0.05) is 12.2 Å². The number of hydrogen-bond acceptors (Lipinski definition) is 7. The Bertz CT molecular complexity index is 1100. The highest BCUT2D eigenvalue weighted by Crippen LogP contribution is 2.50. The third-order valence-corrected chi connectivity index (χ3v) is 8.41. The molecule has 4 rings (SSSR count). The number of nitrogens with zero attached hydrogens (tertiary/aromatic N) is 3. The quantitative estimate of drug-likeness (QED) is 0.252. The number of nitrogens with one attached hydrogen (secondary N) is 2. The van der Waals surface area contributed by atoms with Crippen molar-refractivity contribution in [3.05, 3.63) is 23.4 Å². The summed E-state index contributed by atoms with van der Waals surface area (Å²) >= 11 is 1.34. The van der Waals surface area contributed by atoms with Crippen LogP contribution < -0.4 is 10.6 Å². The van der Waals surface area contributed by atoms with Gasteiger partial charge >= 0.3 is 23.8 Å². The van der Waals surface area contributed by atoms with E-state index >= 15 is 0 Å². The number of thioether (sulfide) groups is 1. The van der Waals surface area contributed by atoms with Crippen molar-refractivity contribution in [1.29, 1.82) is 0 Å². The minimum absolute atomic E-state index is 0.0796. The summed E-state index contributed by atoms with van der Waals surface area (Å²) < 4.78 is -0.693. The molecule has 0 saturated carbocycles. The van der Waals surface area contributed by atoms with Crippen molar-refractivity contribution in [2.75, 3.05) is 19.6 Å². The largest absolute Gasteiger partial charge is 0.480 e. The van der Waals surface area contributed by atoms with E-state index < -0.39 is 57.8 Å². The van der Waals surface area contributed by atoms with Gasteiger partial charge in [-0.15, -0.1) is 11.8 Å². The van der Waals surface area contributed by atoms with Crippen LogP contribution in [0.3, 0.4) is 0 Å². The number of β-lactam (4-membered cyclic amide) rings is 1. The van der Waals surface area contributed by atoms with Crippen molar-refractivity contribution >= 4 is 47.4 Å². The van der Waals surface area contributed by atoms with Gasteiger partial charge in [-0.25, -0.2) is 9.59 Å². The number of fused-ring (bicyclic) bond motifs is 1. The number of hydrogen-bond donors (Lipinski definition) is 3. The lowest BCUT2D eigenvalue weighted by Crippen LogP contribution is -2.70. The van der Waals surface area contributed by atoms with E-state index in [9.17, 15) is 33.9 Å². The maximum absolute atomic E-state index is 12.8. The van der Waals surface area contributed by atoms with Crippen molar-refractivity contribution in [3.63, 3.8) is 0 Å². The number of carboxylic acid groups (broad SMARTS) is 1. The molecule has 3 fully saturated rings. The van der Waals surface area contributed by atoms with E-state index in [1.54, 1.807) is 20.8 Å². The summed E-state index contributed by atoms with van der Waals surface area (Å²) in [5.74, 6) is -3.56. The summed E-state index contributed by atoms with van der Waals surface area (Å²) in [5, 5.41) is 14.5. The third kappa shape index (κ3) is 4.47. The molecule has 3 heterocycles. The molecule has 3 aliphatic heterocycles. The molecule has 0 aromatic heterocycles. The molecular weight excluding hydrogens is 490 g/mol. The molecule has 6 amide bonds. The van der Waals surface area contributed by atoms with Crippen molar-refractivity contribution in [2.24, 2.45) is 0 Å². The molecule has 194 valence electrons. The molecule has 36 heavy (non-hydrogen) atoms. The van der Waals surface area contributed by atoms with Crippen LogP contribution in [0, 0.1) is 0 Å². The number of piperazine rings is 1. The van der Waals surface area contributed by atoms with Gasteiger partial charge in [-0.3, -0.25) is 24.1 Å². The lowest BCUT2D eigenvalue weighted by Gasteiger charge is -2.43. The van der Waals surface area contributed by atoms with E-state index in [2.05, 4.69) is 10.6 Å². The summed E-state index contributed by atoms with van der Waals surface area (Å²) in [6, 6.07) is -2.50. The summed E-state index contributed by atoms with van der Waals surface area (Å²) in [7, 11) is 0. The molecule has 0 aromatic carbocycles. The third-order valence-electron chi connectivity index (χ3n) is 6.84. The van der Waals surface area contributed by atoms with Gasteiger partial charge in [0, 0.05) is 42.9 Å². The van der Waals surface area contributed by atoms with E-state index in [1.165, 1.54) is 21.6 Å². The standard InChI is InChI=1S/C23H29N5O7S/c1-4-26-9-10-27(19(32)18(26)31)22(35)24-13-8-6-5-7-12(13)11-14(29)25-15-17(30)28-16(21(33)34)23(2,3)36-20(15)28/h5-6,15-16,20H,4,7-11H2,1-3H3,(H,24,35)(H,25,29)(H,33,34)/t15-,16+,20-/m1/s1. The number of amides is 6. The number of allylic oxidation sites excluding steroid dienone is 2. The molecule has 0 bridgehead atoms. The minimum Gasteiger partial charge on any atom is -0.480 e. The summed E-state index contributed by atoms with van der Waals surface area (Å²) in [6.45, 7) is 5.99. The monoisotopic (exact) mass is 519 g/mol. The molecule has 3 saturated heterocycles. The van der Waals surface area contributed by atoms with Crippen molar-refractivity contribution < 1.29 is 33.9 Å². The van der Waals surface area contributed by atoms with E-state index in [4.69, 9.17) is 0 Å². The fourth-order valence-corrected chi connectivity index (χ4v) is 6.57. The first-order chi connectivity index (χ1) is 17.0. The minimum atomic E-state index is -1.08. The topological polar surface area (TPSA) is 156 Å². The summed E-state index contributed by atoms with van der Waals surface area (Å²) in [6.07, 6.45) is 4.35. The number of carbonyl (C=O) groups is 6. The number of carboxylic acids is 1. The van der Waals surface area contributed by atoms with Crippen LogP contribution in [0.4, 0.5) is 4.79 Å². The Hall–Kier alpha value is -3.35. The second-order valence-corrected chi connectivity index (χ2v) is 11.3. The second-order valence-electron chi connectivity index (χ2n) is 9.55. The predicted molar refractivity (Wildman–Crippen MR) is 128 cm³/mol. The van der Waals surface area contributed by atoms with Crippen LogP contribution in [-0.4, -0.2) is 97.3 Å². The van der Waals surface area contributed by atoms with Crippen molar-refractivity contribution in [1.82, 2.24) is 25.3 Å². The Morgan fingerprint density at radius 1 is 1.11 bits per heavy atom. The highest BCUT2D eigenvalue weighted by molar-refractivity contribution is 8.01. The van der Waals surface area contributed by atoms with Crippen LogP contribution in [0.25, 0.3) is 0 Å². The average molecular weight is 520 g/mol. The van der Waals surface area contributed by atoms with E-state index in [1.807, 2.05) is 12.2 Å². The van der Waals surface area contributed by atoms with Gasteiger partial charge in [0.25, 0.3) is 0 Å². The summed E-state index contributed by atoms with van der Waals surface area (Å²) in [4.78, 5) is 77.9. The number of rotatable bonds is 6. The maximum Gasteiger partial charge on any atom is 0.328 e. The van der Waals surface area contributed by atoms with Crippen LogP contribution in [0.15, 0.2) is 23.4 Å². The molecule has 0 radical (unpaired) electrons. The van der Waals surface area contributed by atoms with Gasteiger partial charge in [0.1, 0.15) is 17.5 Å². The molecule has 0 aromatic rings. The van der Waals surface area contributed by atoms with Crippen LogP contribution >= 0.6 is 11.8 Å². The highest BCUT2D eigenvalue weighted by atomic mass is 32.2. The van der Waals surface area contributed by atoms with Crippen molar-refractivity contribution in [2.45, 2.75) is 62.2 Å². The first-order valence-electron chi connectivity index (χ1n) is 11.8. The van der Waals surface area contributed by atoms with Crippen LogP contribution in [0.1, 0.15) is 40.0 Å². The summed E-state index contributed by atoms with van der Waals surface area (Å²) in [5.41, 5.74) is 1.10. The van der Waals surface area contributed by atoms with E-state index in [0.717, 1.165) is 4.90 Å². The Morgan fingerprint density at radius 3 is 2.47 bits per heavy atom. The molecule has 1 aliphatic carbocycles. The molecule has 13 heteroatoms. The fraction of sp³-hybridized carbons (Fsp3) is 0.565. The van der Waals surface area contributed by atoms with Gasteiger partial charge in [0.15, 0.2) is 0 Å². The first kappa shape index (κ1) is 25.7. The Morgan fingerprint density at radius 2 is 1.81 bits per heavy atom. The molecule has 0 spiro atoms. The maximum atomic E-state index is 12.8. The Balaban J connectivity index is 1.39. The molecule has 4 aliphatic rings. The number of likely N-dealkylation sites (N-methyl/N-ethyl adjacent to an activating group) is 1. The zero-order chi connectivity index (χ0) is 26.4. The Kier molecular flexibility index (Phi) is 6.86. The smallest absolute Gasteiger partial charge is 0.328 e. The van der Waals surface area contributed by atoms with Gasteiger partial charge in [-0.2, -0.15) is 0 Å². The first-order valence-corrected chi connectivity index (χ1v) is 12.6. The normalized spacial score (nSPS) is 27.1. The Labute approximate surface area is 212 Å². The fourth-order valence-electron chi connectivity index (χ4n) is 4.94. The van der Waals surface area contributed by atoms with E-state index in [-0.39, 0.29) is 19.5 Å². The van der Waals surface area contributed by atoms with Crippen molar-refractivity contribution in [3.8, 4) is 0 Å². The van der Waals surface area contributed by atoms with Crippen LogP contribution in [0.5, 0.6) is 0 Å². The number of aliphatic carboxylic acids is 1. The van der Waals surface area contributed by atoms with Crippen LogP contribution in [-0.2, 0) is 24.0 Å². The SMILES string of the molecule is CCN1CCN(C(=O)NC2=C(CC(=O)N[C@@H]3C(=O)N4[C@@H]3SC(C)(C)[C@@H]4C(=O)O)CC=CC2)C(=O)C1=O. The molecular formula is C23H29N5O7S. The number of urea groups is 1. The van der Waals surface area contributed by atoms with Gasteiger partial charge in [0.05, 0.1) is 0 Å². The van der Waals surface area contributed by atoms with E-state index in [0.29, 0.717) is 30.7 Å². The zero-order valence-electron chi connectivity index (χ0n) is 20.3. The van der Waals surface area contributed by atoms with Gasteiger partial charge in [-0.05, 0) is 32.8 Å². The zero-order valence-corrected chi connectivity index (χ0v) is 21.1. The second kappa shape index (κ2) is 9.60. The molecule has 12 nitrogen and oxygen atoms in total. The average Bonchev–Trinajstić information content (AvgIpc) is 3.08. The molecule has 3 atom stereocenters. The molecule has 3 N–H and O–H groups in total. The van der Waals surface area contributed by atoms with Gasteiger partial charge < -0.3 is 25.5 Å². The number of imide groups is 1. The van der Waals surface area contributed by atoms with Crippen LogP contribution in [0.2, 0.25) is 0 Å². The van der Waals surface area contributed by atoms with Gasteiger partial charge in [0.2, 0.25) is 11.8 Å². The molecule has 0 unspecified atom stereocenters.